The summed E-state index contributed by atoms with van der Waals surface area (Å²) in [7, 11) is 0. The number of hydrogen-bond donors (Lipinski definition) is 1. The molecule has 0 aliphatic rings. The van der Waals surface area contributed by atoms with Crippen molar-refractivity contribution in [2.24, 2.45) is 0 Å². The van der Waals surface area contributed by atoms with Gasteiger partial charge >= 0.3 is 0 Å². The largest absolute Gasteiger partial charge is 0.321 e. The highest BCUT2D eigenvalue weighted by Crippen LogP contribution is 2.23. The van der Waals surface area contributed by atoms with E-state index < -0.39 is 0 Å². The number of carbonyl (C=O) groups excluding carboxylic acids is 1. The molecule has 0 saturated heterocycles. The van der Waals surface area contributed by atoms with E-state index in [9.17, 15) is 4.79 Å². The first-order chi connectivity index (χ1) is 11.7. The molecule has 2 heterocycles. The van der Waals surface area contributed by atoms with Crippen molar-refractivity contribution in [2.75, 3.05) is 11.1 Å². The van der Waals surface area contributed by atoms with E-state index in [-0.39, 0.29) is 5.91 Å². The number of imidazole rings is 1. The van der Waals surface area contributed by atoms with Gasteiger partial charge in [-0.2, -0.15) is 0 Å². The number of pyridine rings is 1. The SMILES string of the molecule is CCSc1ccccc1C(=O)Nc1ccc(-n2ccnc2C)nc1. The van der Waals surface area contributed by atoms with Gasteiger partial charge in [0.05, 0.1) is 17.4 Å². The Hall–Kier alpha value is -2.60. The highest BCUT2D eigenvalue weighted by molar-refractivity contribution is 7.99. The lowest BCUT2D eigenvalue weighted by atomic mass is 10.2. The monoisotopic (exact) mass is 338 g/mol. The standard InChI is InChI=1S/C18H18N4OS/c1-3-24-16-7-5-4-6-15(16)18(23)21-14-8-9-17(20-12-14)22-11-10-19-13(22)2/h4-12H,3H2,1-2H3,(H,21,23). The number of hydrogen-bond acceptors (Lipinski definition) is 4. The molecule has 0 bridgehead atoms. The first-order valence-corrected chi connectivity index (χ1v) is 8.67. The molecule has 0 radical (unpaired) electrons. The molecule has 3 aromatic rings. The molecule has 0 fully saturated rings. The molecule has 1 aromatic carbocycles. The Balaban J connectivity index is 1.77. The second-order valence-corrected chi connectivity index (χ2v) is 6.44. The average molecular weight is 338 g/mol. The molecule has 0 saturated carbocycles. The van der Waals surface area contributed by atoms with Crippen LogP contribution in [0.3, 0.4) is 0 Å². The van der Waals surface area contributed by atoms with E-state index in [2.05, 4.69) is 22.2 Å². The van der Waals surface area contributed by atoms with Crippen LogP contribution in [-0.2, 0) is 0 Å². The average Bonchev–Trinajstić information content (AvgIpc) is 3.02. The number of rotatable bonds is 5. The molecule has 1 N–H and O–H groups in total. The van der Waals surface area contributed by atoms with Crippen LogP contribution >= 0.6 is 11.8 Å². The van der Waals surface area contributed by atoms with Gasteiger partial charge in [0, 0.05) is 17.3 Å². The van der Waals surface area contributed by atoms with Crippen molar-refractivity contribution in [1.82, 2.24) is 14.5 Å². The summed E-state index contributed by atoms with van der Waals surface area (Å²) in [4.78, 5) is 22.1. The first-order valence-electron chi connectivity index (χ1n) is 7.68. The number of anilines is 1. The maximum Gasteiger partial charge on any atom is 0.256 e. The lowest BCUT2D eigenvalue weighted by Gasteiger charge is -2.10. The van der Waals surface area contributed by atoms with Crippen LogP contribution in [-0.4, -0.2) is 26.2 Å². The first kappa shape index (κ1) is 16.3. The van der Waals surface area contributed by atoms with Crippen LogP contribution in [0.4, 0.5) is 5.69 Å². The zero-order valence-electron chi connectivity index (χ0n) is 13.6. The minimum atomic E-state index is -0.125. The predicted molar refractivity (Wildman–Crippen MR) is 96.9 cm³/mol. The molecule has 3 rings (SSSR count). The molecule has 0 aliphatic carbocycles. The number of nitrogens with one attached hydrogen (secondary N) is 1. The van der Waals surface area contributed by atoms with Gasteiger partial charge < -0.3 is 5.32 Å². The Morgan fingerprint density at radius 3 is 2.71 bits per heavy atom. The van der Waals surface area contributed by atoms with Crippen LogP contribution in [0.25, 0.3) is 5.82 Å². The van der Waals surface area contributed by atoms with E-state index in [1.54, 1.807) is 24.2 Å². The van der Waals surface area contributed by atoms with E-state index in [1.807, 2.05) is 54.1 Å². The highest BCUT2D eigenvalue weighted by Gasteiger charge is 2.11. The van der Waals surface area contributed by atoms with Crippen molar-refractivity contribution in [3.63, 3.8) is 0 Å². The molecule has 1 amide bonds. The fourth-order valence-corrected chi connectivity index (χ4v) is 3.16. The van der Waals surface area contributed by atoms with Crippen LogP contribution in [0.15, 0.2) is 59.9 Å². The van der Waals surface area contributed by atoms with E-state index in [0.717, 1.165) is 22.3 Å². The number of aryl methyl sites for hydroxylation is 1. The molecule has 0 aliphatic heterocycles. The van der Waals surface area contributed by atoms with Gasteiger partial charge in [0.1, 0.15) is 11.6 Å². The van der Waals surface area contributed by atoms with Gasteiger partial charge in [0.15, 0.2) is 0 Å². The molecule has 2 aromatic heterocycles. The maximum atomic E-state index is 12.5. The van der Waals surface area contributed by atoms with E-state index in [4.69, 9.17) is 0 Å². The number of benzene rings is 1. The minimum absolute atomic E-state index is 0.125. The molecule has 24 heavy (non-hydrogen) atoms. The Morgan fingerprint density at radius 1 is 1.21 bits per heavy atom. The van der Waals surface area contributed by atoms with Gasteiger partial charge in [0.2, 0.25) is 0 Å². The topological polar surface area (TPSA) is 59.8 Å². The fourth-order valence-electron chi connectivity index (χ4n) is 2.36. The summed E-state index contributed by atoms with van der Waals surface area (Å²) in [5.74, 6) is 2.43. The predicted octanol–water partition coefficient (Wildman–Crippen LogP) is 3.94. The van der Waals surface area contributed by atoms with Gasteiger partial charge in [-0.05, 0) is 36.9 Å². The molecule has 0 atom stereocenters. The Labute approximate surface area is 145 Å². The lowest BCUT2D eigenvalue weighted by Crippen LogP contribution is -2.13. The van der Waals surface area contributed by atoms with Crippen LogP contribution in [0.5, 0.6) is 0 Å². The quantitative estimate of drug-likeness (QED) is 0.716. The second kappa shape index (κ2) is 7.31. The van der Waals surface area contributed by atoms with Crippen LogP contribution in [0.1, 0.15) is 23.1 Å². The Morgan fingerprint density at radius 2 is 2.04 bits per heavy atom. The molecule has 5 nitrogen and oxygen atoms in total. The summed E-state index contributed by atoms with van der Waals surface area (Å²) in [6.07, 6.45) is 5.24. The van der Waals surface area contributed by atoms with E-state index in [1.165, 1.54) is 0 Å². The van der Waals surface area contributed by atoms with Gasteiger partial charge in [-0.25, -0.2) is 9.97 Å². The van der Waals surface area contributed by atoms with Crippen molar-refractivity contribution in [3.8, 4) is 5.82 Å². The minimum Gasteiger partial charge on any atom is -0.321 e. The van der Waals surface area contributed by atoms with Crippen molar-refractivity contribution >= 4 is 23.4 Å². The molecule has 0 spiro atoms. The van der Waals surface area contributed by atoms with Crippen molar-refractivity contribution in [1.29, 1.82) is 0 Å². The van der Waals surface area contributed by atoms with Gasteiger partial charge in [-0.1, -0.05) is 19.1 Å². The summed E-state index contributed by atoms with van der Waals surface area (Å²) in [6.45, 7) is 3.99. The molecule has 6 heteroatoms. The Kier molecular flexibility index (Phi) is 4.96. The van der Waals surface area contributed by atoms with Crippen LogP contribution in [0, 0.1) is 6.92 Å². The van der Waals surface area contributed by atoms with Gasteiger partial charge in [-0.15, -0.1) is 11.8 Å². The zero-order valence-corrected chi connectivity index (χ0v) is 14.4. The summed E-state index contributed by atoms with van der Waals surface area (Å²) in [6, 6.07) is 11.3. The third-order valence-corrected chi connectivity index (χ3v) is 4.47. The van der Waals surface area contributed by atoms with Crippen LogP contribution < -0.4 is 5.32 Å². The number of carbonyl (C=O) groups is 1. The summed E-state index contributed by atoms with van der Waals surface area (Å²) in [5.41, 5.74) is 1.34. The molecule has 0 unspecified atom stereocenters. The van der Waals surface area contributed by atoms with Crippen molar-refractivity contribution in [3.05, 3.63) is 66.4 Å². The summed E-state index contributed by atoms with van der Waals surface area (Å²) >= 11 is 1.66. The Bertz CT molecular complexity index is 842. The van der Waals surface area contributed by atoms with Crippen molar-refractivity contribution < 1.29 is 4.79 Å². The number of thioether (sulfide) groups is 1. The molecule has 122 valence electrons. The maximum absolute atomic E-state index is 12.5. The smallest absolute Gasteiger partial charge is 0.256 e. The number of aromatic nitrogens is 3. The van der Waals surface area contributed by atoms with E-state index in [0.29, 0.717) is 11.3 Å². The van der Waals surface area contributed by atoms with Gasteiger partial charge in [0.25, 0.3) is 5.91 Å². The zero-order chi connectivity index (χ0) is 16.9. The van der Waals surface area contributed by atoms with Crippen LogP contribution in [0.2, 0.25) is 0 Å². The molecular formula is C18H18N4OS. The van der Waals surface area contributed by atoms with E-state index >= 15 is 0 Å². The van der Waals surface area contributed by atoms with Gasteiger partial charge in [-0.3, -0.25) is 9.36 Å². The lowest BCUT2D eigenvalue weighted by molar-refractivity contribution is 0.102. The fraction of sp³-hybridized carbons (Fsp3) is 0.167. The summed E-state index contributed by atoms with van der Waals surface area (Å²) < 4.78 is 1.89. The second-order valence-electron chi connectivity index (χ2n) is 5.13. The summed E-state index contributed by atoms with van der Waals surface area (Å²) in [5, 5.41) is 2.90. The highest BCUT2D eigenvalue weighted by atomic mass is 32.2. The third-order valence-electron chi connectivity index (χ3n) is 3.51. The van der Waals surface area contributed by atoms with Crippen molar-refractivity contribution in [2.45, 2.75) is 18.7 Å². The number of amides is 1. The normalized spacial score (nSPS) is 10.6. The number of nitrogens with zero attached hydrogens (tertiary/aromatic N) is 3. The third kappa shape index (κ3) is 3.49. The molecular weight excluding hydrogens is 320 g/mol.